The van der Waals surface area contributed by atoms with Crippen LogP contribution in [0, 0.1) is 12.7 Å². The van der Waals surface area contributed by atoms with Crippen LogP contribution in [0.5, 0.6) is 0 Å². The number of aromatic nitrogens is 2. The molecular formula is C13H13FN2O. The van der Waals surface area contributed by atoms with E-state index in [9.17, 15) is 9.18 Å². The standard InChI is InChI=1S/C13H13FN2O/c1-9-4-3-5-11(13(9)14)12(17)6-10-7-15-16(2)8-10/h3-5,7-8H,6H2,1-2H3. The van der Waals surface area contributed by atoms with Gasteiger partial charge in [-0.2, -0.15) is 5.10 Å². The van der Waals surface area contributed by atoms with Gasteiger partial charge in [0.25, 0.3) is 0 Å². The van der Waals surface area contributed by atoms with E-state index in [0.29, 0.717) is 5.56 Å². The minimum absolute atomic E-state index is 0.147. The molecule has 2 rings (SSSR count). The predicted molar refractivity (Wildman–Crippen MR) is 62.4 cm³/mol. The van der Waals surface area contributed by atoms with Gasteiger partial charge in [-0.25, -0.2) is 4.39 Å². The van der Waals surface area contributed by atoms with Gasteiger partial charge in [0.2, 0.25) is 0 Å². The zero-order chi connectivity index (χ0) is 12.4. The number of ketones is 1. The van der Waals surface area contributed by atoms with E-state index in [1.54, 1.807) is 43.2 Å². The first kappa shape index (κ1) is 11.5. The summed E-state index contributed by atoms with van der Waals surface area (Å²) in [6.45, 7) is 1.65. The molecule has 1 aromatic carbocycles. The van der Waals surface area contributed by atoms with E-state index in [1.807, 2.05) is 0 Å². The zero-order valence-corrected chi connectivity index (χ0v) is 9.77. The van der Waals surface area contributed by atoms with E-state index < -0.39 is 5.82 Å². The predicted octanol–water partition coefficient (Wildman–Crippen LogP) is 2.29. The molecule has 4 heteroatoms. The van der Waals surface area contributed by atoms with Crippen molar-refractivity contribution in [2.45, 2.75) is 13.3 Å². The van der Waals surface area contributed by atoms with Crippen LogP contribution >= 0.6 is 0 Å². The van der Waals surface area contributed by atoms with Gasteiger partial charge in [0.15, 0.2) is 5.78 Å². The molecule has 0 N–H and O–H groups in total. The number of hydrogen-bond donors (Lipinski definition) is 0. The Hall–Kier alpha value is -1.97. The lowest BCUT2D eigenvalue weighted by molar-refractivity contribution is 0.0989. The van der Waals surface area contributed by atoms with Gasteiger partial charge in [-0.15, -0.1) is 0 Å². The summed E-state index contributed by atoms with van der Waals surface area (Å²) < 4.78 is 15.3. The Morgan fingerprint density at radius 1 is 1.47 bits per heavy atom. The molecule has 0 amide bonds. The summed E-state index contributed by atoms with van der Waals surface area (Å²) in [6.07, 6.45) is 3.55. The topological polar surface area (TPSA) is 34.9 Å². The lowest BCUT2D eigenvalue weighted by Crippen LogP contribution is -2.06. The average molecular weight is 232 g/mol. The van der Waals surface area contributed by atoms with Gasteiger partial charge >= 0.3 is 0 Å². The van der Waals surface area contributed by atoms with Crippen molar-refractivity contribution in [1.29, 1.82) is 0 Å². The van der Waals surface area contributed by atoms with E-state index in [2.05, 4.69) is 5.10 Å². The van der Waals surface area contributed by atoms with Crippen LogP contribution in [0.15, 0.2) is 30.6 Å². The number of rotatable bonds is 3. The van der Waals surface area contributed by atoms with Crippen LogP contribution in [0.25, 0.3) is 0 Å². The maximum atomic E-state index is 13.7. The number of aryl methyl sites for hydroxylation is 2. The summed E-state index contributed by atoms with van der Waals surface area (Å²) in [5.41, 5.74) is 1.43. The Morgan fingerprint density at radius 3 is 2.88 bits per heavy atom. The van der Waals surface area contributed by atoms with Gasteiger partial charge < -0.3 is 0 Å². The Morgan fingerprint density at radius 2 is 2.24 bits per heavy atom. The molecule has 88 valence electrons. The minimum Gasteiger partial charge on any atom is -0.294 e. The fourth-order valence-electron chi connectivity index (χ4n) is 1.71. The molecule has 0 atom stereocenters. The molecular weight excluding hydrogens is 219 g/mol. The highest BCUT2D eigenvalue weighted by atomic mass is 19.1. The van der Waals surface area contributed by atoms with Gasteiger partial charge in [-0.1, -0.05) is 12.1 Å². The number of benzene rings is 1. The fraction of sp³-hybridized carbons (Fsp3) is 0.231. The molecule has 0 saturated heterocycles. The van der Waals surface area contributed by atoms with Crippen LogP contribution in [0.1, 0.15) is 21.5 Å². The molecule has 0 radical (unpaired) electrons. The van der Waals surface area contributed by atoms with E-state index in [-0.39, 0.29) is 17.8 Å². The Kier molecular flexibility index (Phi) is 3.04. The molecule has 1 aromatic heterocycles. The van der Waals surface area contributed by atoms with Crippen molar-refractivity contribution in [2.75, 3.05) is 0 Å². The van der Waals surface area contributed by atoms with Gasteiger partial charge in [0, 0.05) is 19.7 Å². The summed E-state index contributed by atoms with van der Waals surface area (Å²) in [4.78, 5) is 11.9. The second-order valence-corrected chi connectivity index (χ2v) is 4.06. The molecule has 0 bridgehead atoms. The third-order valence-corrected chi connectivity index (χ3v) is 2.62. The quantitative estimate of drug-likeness (QED) is 0.761. The molecule has 0 unspecified atom stereocenters. The number of Topliss-reactive ketones (excluding diaryl/α,β-unsaturated/α-hetero) is 1. The van der Waals surface area contributed by atoms with Gasteiger partial charge in [0.05, 0.1) is 11.8 Å². The SMILES string of the molecule is Cc1cccc(C(=O)Cc2cnn(C)c2)c1F. The second kappa shape index (κ2) is 4.49. The molecule has 0 spiro atoms. The lowest BCUT2D eigenvalue weighted by atomic mass is 10.0. The molecule has 1 heterocycles. The van der Waals surface area contributed by atoms with Crippen molar-refractivity contribution in [2.24, 2.45) is 7.05 Å². The van der Waals surface area contributed by atoms with Crippen molar-refractivity contribution < 1.29 is 9.18 Å². The van der Waals surface area contributed by atoms with Crippen molar-refractivity contribution >= 4 is 5.78 Å². The van der Waals surface area contributed by atoms with Crippen LogP contribution in [0.4, 0.5) is 4.39 Å². The zero-order valence-electron chi connectivity index (χ0n) is 9.77. The second-order valence-electron chi connectivity index (χ2n) is 4.06. The molecule has 3 nitrogen and oxygen atoms in total. The first-order valence-electron chi connectivity index (χ1n) is 5.34. The highest BCUT2D eigenvalue weighted by Crippen LogP contribution is 2.14. The van der Waals surface area contributed by atoms with Gasteiger partial charge in [0.1, 0.15) is 5.82 Å². The number of carbonyl (C=O) groups excluding carboxylic acids is 1. The van der Waals surface area contributed by atoms with Crippen LogP contribution < -0.4 is 0 Å². The molecule has 0 aliphatic carbocycles. The van der Waals surface area contributed by atoms with Crippen molar-refractivity contribution in [3.63, 3.8) is 0 Å². The summed E-state index contributed by atoms with van der Waals surface area (Å²) in [5, 5.41) is 3.97. The van der Waals surface area contributed by atoms with Crippen molar-refractivity contribution in [3.05, 3.63) is 53.1 Å². The van der Waals surface area contributed by atoms with E-state index in [4.69, 9.17) is 0 Å². The first-order chi connectivity index (χ1) is 8.08. The molecule has 0 fully saturated rings. The lowest BCUT2D eigenvalue weighted by Gasteiger charge is -2.03. The molecule has 0 aliphatic rings. The van der Waals surface area contributed by atoms with Crippen molar-refractivity contribution in [1.82, 2.24) is 9.78 Å². The third kappa shape index (κ3) is 2.41. The molecule has 0 saturated carbocycles. The number of nitrogens with zero attached hydrogens (tertiary/aromatic N) is 2. The summed E-state index contributed by atoms with van der Waals surface area (Å²) in [6, 6.07) is 4.85. The number of carbonyl (C=O) groups is 1. The van der Waals surface area contributed by atoms with Crippen LogP contribution in [0.2, 0.25) is 0 Å². The summed E-state index contributed by atoms with van der Waals surface area (Å²) in [5.74, 6) is -0.652. The van der Waals surface area contributed by atoms with Crippen LogP contribution in [-0.2, 0) is 13.5 Å². The Balaban J connectivity index is 2.23. The van der Waals surface area contributed by atoms with Gasteiger partial charge in [-0.3, -0.25) is 9.48 Å². The minimum atomic E-state index is -0.429. The Bertz CT molecular complexity index is 560. The van der Waals surface area contributed by atoms with Crippen LogP contribution in [0.3, 0.4) is 0 Å². The largest absolute Gasteiger partial charge is 0.294 e. The summed E-state index contributed by atoms with van der Waals surface area (Å²) in [7, 11) is 1.78. The van der Waals surface area contributed by atoms with E-state index in [1.165, 1.54) is 6.07 Å². The number of hydrogen-bond acceptors (Lipinski definition) is 2. The average Bonchev–Trinajstić information content (AvgIpc) is 2.68. The normalized spacial score (nSPS) is 10.5. The Labute approximate surface area is 98.9 Å². The summed E-state index contributed by atoms with van der Waals surface area (Å²) >= 11 is 0. The smallest absolute Gasteiger partial charge is 0.170 e. The molecule has 0 aliphatic heterocycles. The van der Waals surface area contributed by atoms with E-state index in [0.717, 1.165) is 5.56 Å². The highest BCUT2D eigenvalue weighted by molar-refractivity contribution is 5.97. The molecule has 17 heavy (non-hydrogen) atoms. The first-order valence-corrected chi connectivity index (χ1v) is 5.34. The van der Waals surface area contributed by atoms with Crippen LogP contribution in [-0.4, -0.2) is 15.6 Å². The monoisotopic (exact) mass is 232 g/mol. The third-order valence-electron chi connectivity index (χ3n) is 2.62. The highest BCUT2D eigenvalue weighted by Gasteiger charge is 2.14. The van der Waals surface area contributed by atoms with Gasteiger partial charge in [-0.05, 0) is 24.1 Å². The fourth-order valence-corrected chi connectivity index (χ4v) is 1.71. The number of halogens is 1. The molecule has 2 aromatic rings. The van der Waals surface area contributed by atoms with E-state index >= 15 is 0 Å². The van der Waals surface area contributed by atoms with Crippen molar-refractivity contribution in [3.8, 4) is 0 Å². The maximum Gasteiger partial charge on any atom is 0.170 e. The maximum absolute atomic E-state index is 13.7.